The second kappa shape index (κ2) is 8.10. The maximum atomic E-state index is 5.81. The Balaban J connectivity index is 2.52. The van der Waals surface area contributed by atoms with Gasteiger partial charge in [-0.15, -0.1) is 0 Å². The minimum Gasteiger partial charge on any atom is -0.385 e. The summed E-state index contributed by atoms with van der Waals surface area (Å²) in [5.74, 6) is 0.602. The Morgan fingerprint density at radius 3 is 2.61 bits per heavy atom. The first-order valence-electron chi connectivity index (χ1n) is 6.97. The molecule has 3 unspecified atom stereocenters. The zero-order valence-corrected chi connectivity index (χ0v) is 12.3. The Kier molecular flexibility index (Phi) is 7.15. The minimum absolute atomic E-state index is 0.242. The van der Waals surface area contributed by atoms with E-state index in [1.807, 2.05) is 0 Å². The van der Waals surface area contributed by atoms with Crippen molar-refractivity contribution in [3.05, 3.63) is 0 Å². The molecule has 0 saturated carbocycles. The molecule has 0 amide bonds. The highest BCUT2D eigenvalue weighted by Crippen LogP contribution is 2.42. The van der Waals surface area contributed by atoms with Gasteiger partial charge in [-0.1, -0.05) is 6.92 Å². The number of methoxy groups -OCH3 is 2. The van der Waals surface area contributed by atoms with Gasteiger partial charge in [0.15, 0.2) is 0 Å². The van der Waals surface area contributed by atoms with Gasteiger partial charge < -0.3 is 19.5 Å². The molecule has 0 aromatic rings. The Hall–Kier alpha value is -0.160. The zero-order chi connectivity index (χ0) is 13.4. The number of hydrogen-bond acceptors (Lipinski definition) is 4. The van der Waals surface area contributed by atoms with E-state index in [9.17, 15) is 0 Å². The summed E-state index contributed by atoms with van der Waals surface area (Å²) in [7, 11) is 3.50. The molecule has 0 bridgehead atoms. The van der Waals surface area contributed by atoms with E-state index in [0.29, 0.717) is 12.0 Å². The van der Waals surface area contributed by atoms with Crippen LogP contribution in [0, 0.1) is 11.3 Å². The molecular formula is C14H29NO3. The van der Waals surface area contributed by atoms with Gasteiger partial charge in [-0.2, -0.15) is 0 Å². The third-order valence-corrected chi connectivity index (χ3v) is 4.42. The van der Waals surface area contributed by atoms with Crippen LogP contribution in [0.2, 0.25) is 0 Å². The highest BCUT2D eigenvalue weighted by atomic mass is 16.5. The van der Waals surface area contributed by atoms with Crippen LogP contribution in [-0.2, 0) is 14.2 Å². The van der Waals surface area contributed by atoms with Gasteiger partial charge in [-0.25, -0.2) is 0 Å². The molecule has 0 radical (unpaired) electrons. The fraction of sp³-hybridized carbons (Fsp3) is 1.00. The van der Waals surface area contributed by atoms with E-state index >= 15 is 0 Å². The van der Waals surface area contributed by atoms with Gasteiger partial charge in [0.2, 0.25) is 0 Å². The molecule has 0 aromatic carbocycles. The molecule has 0 aromatic heterocycles. The highest BCUT2D eigenvalue weighted by molar-refractivity contribution is 4.95. The fourth-order valence-corrected chi connectivity index (χ4v) is 2.93. The molecule has 1 aliphatic rings. The van der Waals surface area contributed by atoms with Crippen LogP contribution < -0.4 is 5.32 Å². The average molecular weight is 259 g/mol. The van der Waals surface area contributed by atoms with Crippen LogP contribution in [0.4, 0.5) is 0 Å². The maximum absolute atomic E-state index is 5.81. The molecule has 1 fully saturated rings. The molecule has 1 rings (SSSR count). The zero-order valence-electron chi connectivity index (χ0n) is 12.3. The number of nitrogens with one attached hydrogen (secondary N) is 1. The Labute approximate surface area is 111 Å². The second-order valence-corrected chi connectivity index (χ2v) is 5.35. The lowest BCUT2D eigenvalue weighted by atomic mass is 9.70. The van der Waals surface area contributed by atoms with Gasteiger partial charge in [0.1, 0.15) is 0 Å². The summed E-state index contributed by atoms with van der Waals surface area (Å²) in [6.07, 6.45) is 2.55. The van der Waals surface area contributed by atoms with Gasteiger partial charge in [0, 0.05) is 45.9 Å². The lowest BCUT2D eigenvalue weighted by Crippen LogP contribution is -2.45. The summed E-state index contributed by atoms with van der Waals surface area (Å²) in [6.45, 7) is 8.90. The average Bonchev–Trinajstić information content (AvgIpc) is 2.74. The monoisotopic (exact) mass is 259 g/mol. The van der Waals surface area contributed by atoms with Gasteiger partial charge >= 0.3 is 0 Å². The van der Waals surface area contributed by atoms with Crippen LogP contribution in [0.25, 0.3) is 0 Å². The number of hydrogen-bond donors (Lipinski definition) is 1. The molecule has 4 nitrogen and oxygen atoms in total. The first-order chi connectivity index (χ1) is 8.67. The third kappa shape index (κ3) is 3.92. The summed E-state index contributed by atoms with van der Waals surface area (Å²) in [4.78, 5) is 0. The van der Waals surface area contributed by atoms with Crippen molar-refractivity contribution in [1.82, 2.24) is 5.32 Å². The summed E-state index contributed by atoms with van der Waals surface area (Å²) < 4.78 is 16.1. The lowest BCUT2D eigenvalue weighted by molar-refractivity contribution is 0.0214. The molecule has 0 aliphatic carbocycles. The molecule has 18 heavy (non-hydrogen) atoms. The molecule has 4 heteroatoms. The maximum Gasteiger partial charge on any atom is 0.0618 e. The number of ether oxygens (including phenoxy) is 3. The largest absolute Gasteiger partial charge is 0.385 e. The van der Waals surface area contributed by atoms with E-state index in [-0.39, 0.29) is 5.41 Å². The van der Waals surface area contributed by atoms with E-state index in [4.69, 9.17) is 14.2 Å². The van der Waals surface area contributed by atoms with E-state index in [1.165, 1.54) is 0 Å². The van der Waals surface area contributed by atoms with Crippen molar-refractivity contribution in [3.8, 4) is 0 Å². The van der Waals surface area contributed by atoms with Crippen molar-refractivity contribution in [3.63, 3.8) is 0 Å². The topological polar surface area (TPSA) is 39.7 Å². The van der Waals surface area contributed by atoms with Gasteiger partial charge in [-0.05, 0) is 25.7 Å². The van der Waals surface area contributed by atoms with Gasteiger partial charge in [0.05, 0.1) is 12.7 Å². The molecule has 0 spiro atoms. The van der Waals surface area contributed by atoms with E-state index in [2.05, 4.69) is 19.2 Å². The van der Waals surface area contributed by atoms with E-state index in [0.717, 1.165) is 45.8 Å². The lowest BCUT2D eigenvalue weighted by Gasteiger charge is -2.38. The van der Waals surface area contributed by atoms with Crippen LogP contribution >= 0.6 is 0 Å². The van der Waals surface area contributed by atoms with Crippen molar-refractivity contribution < 1.29 is 14.2 Å². The van der Waals surface area contributed by atoms with Crippen molar-refractivity contribution in [2.75, 3.05) is 47.1 Å². The fourth-order valence-electron chi connectivity index (χ4n) is 2.93. The van der Waals surface area contributed by atoms with Crippen LogP contribution in [0.5, 0.6) is 0 Å². The quantitative estimate of drug-likeness (QED) is 0.640. The molecular weight excluding hydrogens is 230 g/mol. The minimum atomic E-state index is 0.242. The van der Waals surface area contributed by atoms with E-state index in [1.54, 1.807) is 14.2 Å². The Bertz CT molecular complexity index is 225. The van der Waals surface area contributed by atoms with Crippen LogP contribution in [-0.4, -0.2) is 53.2 Å². The first kappa shape index (κ1) is 15.9. The van der Waals surface area contributed by atoms with Gasteiger partial charge in [0.25, 0.3) is 0 Å². The summed E-state index contributed by atoms with van der Waals surface area (Å²) >= 11 is 0. The normalized spacial score (nSPS) is 29.7. The van der Waals surface area contributed by atoms with E-state index < -0.39 is 0 Å². The van der Waals surface area contributed by atoms with Crippen LogP contribution in [0.15, 0.2) is 0 Å². The van der Waals surface area contributed by atoms with Crippen LogP contribution in [0.1, 0.15) is 26.7 Å². The molecule has 1 aliphatic heterocycles. The molecule has 1 N–H and O–H groups in total. The molecule has 1 saturated heterocycles. The van der Waals surface area contributed by atoms with Crippen LogP contribution in [0.3, 0.4) is 0 Å². The predicted molar refractivity (Wildman–Crippen MR) is 72.9 cm³/mol. The Morgan fingerprint density at radius 1 is 1.33 bits per heavy atom. The summed E-state index contributed by atoms with van der Waals surface area (Å²) in [6, 6.07) is 0. The number of rotatable bonds is 9. The van der Waals surface area contributed by atoms with Crippen molar-refractivity contribution in [2.45, 2.75) is 32.8 Å². The second-order valence-electron chi connectivity index (χ2n) is 5.35. The highest BCUT2D eigenvalue weighted by Gasteiger charge is 2.44. The SMILES string of the molecule is COCCNCC1(C(C)CCOC)CCOC1C. The Morgan fingerprint density at radius 2 is 2.06 bits per heavy atom. The molecule has 3 atom stereocenters. The smallest absolute Gasteiger partial charge is 0.0618 e. The summed E-state index contributed by atoms with van der Waals surface area (Å²) in [5, 5.41) is 3.51. The standard InChI is InChI=1S/C14H29NO3/c1-12(5-8-16-3)14(6-9-18-13(14)2)11-15-7-10-17-4/h12-13,15H,5-11H2,1-4H3. The van der Waals surface area contributed by atoms with Gasteiger partial charge in [-0.3, -0.25) is 0 Å². The molecule has 108 valence electrons. The first-order valence-corrected chi connectivity index (χ1v) is 6.97. The molecule has 1 heterocycles. The summed E-state index contributed by atoms with van der Waals surface area (Å²) in [5.41, 5.74) is 0.242. The van der Waals surface area contributed by atoms with Crippen molar-refractivity contribution in [2.24, 2.45) is 11.3 Å². The third-order valence-electron chi connectivity index (χ3n) is 4.42. The van der Waals surface area contributed by atoms with Crippen molar-refractivity contribution in [1.29, 1.82) is 0 Å². The van der Waals surface area contributed by atoms with Crippen molar-refractivity contribution >= 4 is 0 Å². The predicted octanol–water partition coefficient (Wildman–Crippen LogP) is 1.69.